The minimum atomic E-state index is -5.17. The number of carbonyl (C=O) groups is 2. The van der Waals surface area contributed by atoms with E-state index in [1.807, 2.05) is 0 Å². The number of carbonyl (C=O) groups excluding carboxylic acids is 2. The number of hydrogen-bond acceptors (Lipinski definition) is 16. The number of halogens is 6. The zero-order valence-corrected chi connectivity index (χ0v) is 29.6. The molecular formula is C14H4Cl6O14S8. The summed E-state index contributed by atoms with van der Waals surface area (Å²) in [5.74, 6) is 0. The van der Waals surface area contributed by atoms with E-state index in [2.05, 4.69) is 0 Å². The van der Waals surface area contributed by atoms with Crippen molar-refractivity contribution in [3.63, 3.8) is 0 Å². The number of benzene rings is 2. The van der Waals surface area contributed by atoms with Gasteiger partial charge in [0.05, 0.1) is 40.5 Å². The van der Waals surface area contributed by atoms with Gasteiger partial charge in [0.25, 0.3) is 54.3 Å². The van der Waals surface area contributed by atoms with Gasteiger partial charge in [-0.25, -0.2) is 50.5 Å². The third kappa shape index (κ3) is 9.23. The Balaban J connectivity index is 2.84. The lowest BCUT2D eigenvalue weighted by atomic mass is 10.2. The van der Waals surface area contributed by atoms with Gasteiger partial charge in [0, 0.05) is 64.1 Å². The molecule has 234 valence electrons. The predicted molar refractivity (Wildman–Crippen MR) is 155 cm³/mol. The van der Waals surface area contributed by atoms with Crippen LogP contribution in [0.25, 0.3) is 0 Å². The van der Waals surface area contributed by atoms with Gasteiger partial charge in [-0.15, -0.1) is 0 Å². The summed E-state index contributed by atoms with van der Waals surface area (Å²) in [4.78, 5) is 17.8. The SMILES string of the molecule is O=C(SSC(=O)c1c(S(=O)(=O)Cl)cc(S(=O)(=O)Cl)cc1S(=O)(=O)Cl)c1c(S(=O)(=O)Cl)cc(S(=O)(=O)Cl)cc1S(=O)(=O)Cl. The molecular weight excluding hydrogens is 861 g/mol. The summed E-state index contributed by atoms with van der Waals surface area (Å²) in [6.07, 6.45) is 0. The minimum absolute atomic E-state index is 0.193. The Bertz CT molecular complexity index is 1950. The molecule has 0 N–H and O–H groups in total. The Hall–Kier alpha value is -0.0800. The fourth-order valence-electron chi connectivity index (χ4n) is 2.74. The highest BCUT2D eigenvalue weighted by Gasteiger charge is 2.36. The average molecular weight is 865 g/mol. The van der Waals surface area contributed by atoms with Gasteiger partial charge in [0.2, 0.25) is 10.2 Å². The normalized spacial score (nSPS) is 13.6. The molecule has 0 unspecified atom stereocenters. The maximum Gasteiger partial charge on any atom is 0.262 e. The fraction of sp³-hybridized carbons (Fsp3) is 0. The van der Waals surface area contributed by atoms with E-state index in [1.165, 1.54) is 0 Å². The quantitative estimate of drug-likeness (QED) is 0.272. The second kappa shape index (κ2) is 12.6. The van der Waals surface area contributed by atoms with Crippen LogP contribution in [0.4, 0.5) is 0 Å². The smallest absolute Gasteiger partial charge is 0.262 e. The summed E-state index contributed by atoms with van der Waals surface area (Å²) in [6.45, 7) is 0. The van der Waals surface area contributed by atoms with E-state index in [0.717, 1.165) is 0 Å². The van der Waals surface area contributed by atoms with Crippen molar-refractivity contribution in [2.75, 3.05) is 0 Å². The summed E-state index contributed by atoms with van der Waals surface area (Å²) < 4.78 is 144. The van der Waals surface area contributed by atoms with Crippen molar-refractivity contribution >= 4 is 150 Å². The van der Waals surface area contributed by atoms with Crippen LogP contribution < -0.4 is 0 Å². The first-order valence-corrected chi connectivity index (χ1v) is 24.9. The third-order valence-corrected chi connectivity index (χ3v) is 14.3. The molecule has 0 aliphatic heterocycles. The van der Waals surface area contributed by atoms with Crippen LogP contribution in [-0.4, -0.2) is 60.7 Å². The monoisotopic (exact) mass is 862 g/mol. The zero-order valence-electron chi connectivity index (χ0n) is 18.6. The first-order valence-electron chi connectivity index (χ1n) is 8.94. The molecule has 0 aliphatic rings. The molecule has 0 aromatic heterocycles. The van der Waals surface area contributed by atoms with Crippen molar-refractivity contribution in [2.45, 2.75) is 29.4 Å². The van der Waals surface area contributed by atoms with Crippen LogP contribution >= 0.6 is 85.7 Å². The van der Waals surface area contributed by atoms with Gasteiger partial charge in [-0.1, -0.05) is 0 Å². The molecule has 0 spiro atoms. The maximum atomic E-state index is 13.0. The standard InChI is InChI=1S/C14H4Cl6O14S8/c15-37(23,24)5-1-7(39(17,27)28)11(8(2-5)40(18,29)30)13(21)35-36-14(22)12-9(41(19,31)32)3-6(38(16,25)26)4-10(12)42(20,33)34/h1-4H. The lowest BCUT2D eigenvalue weighted by Crippen LogP contribution is -2.12. The molecule has 2 aromatic carbocycles. The van der Waals surface area contributed by atoms with E-state index in [4.69, 9.17) is 64.1 Å². The molecule has 0 saturated carbocycles. The second-order valence-corrected chi connectivity index (χ2v) is 24.3. The van der Waals surface area contributed by atoms with Gasteiger partial charge in [-0.05, 0) is 45.9 Å². The zero-order chi connectivity index (χ0) is 33.0. The van der Waals surface area contributed by atoms with E-state index in [9.17, 15) is 60.1 Å². The molecule has 0 atom stereocenters. The Morgan fingerprint density at radius 2 is 0.595 bits per heavy atom. The summed E-state index contributed by atoms with van der Waals surface area (Å²) in [5, 5.41) is -3.40. The van der Waals surface area contributed by atoms with E-state index in [1.54, 1.807) is 0 Å². The van der Waals surface area contributed by atoms with Crippen molar-refractivity contribution in [1.82, 2.24) is 0 Å². The van der Waals surface area contributed by atoms with Crippen LogP contribution in [0.3, 0.4) is 0 Å². The molecule has 0 saturated heterocycles. The van der Waals surface area contributed by atoms with Gasteiger partial charge in [0.15, 0.2) is 0 Å². The van der Waals surface area contributed by atoms with Crippen molar-refractivity contribution in [3.8, 4) is 0 Å². The van der Waals surface area contributed by atoms with E-state index in [0.29, 0.717) is 0 Å². The highest BCUT2D eigenvalue weighted by atomic mass is 35.7. The highest BCUT2D eigenvalue weighted by Crippen LogP contribution is 2.41. The fourth-order valence-corrected chi connectivity index (χ4v) is 11.0. The molecule has 42 heavy (non-hydrogen) atoms. The largest absolute Gasteiger partial charge is 0.281 e. The van der Waals surface area contributed by atoms with Crippen LogP contribution in [0.5, 0.6) is 0 Å². The predicted octanol–water partition coefficient (Wildman–Crippen LogP) is 3.61. The minimum Gasteiger partial charge on any atom is -0.281 e. The molecule has 28 heteroatoms. The van der Waals surface area contributed by atoms with Crippen molar-refractivity contribution in [2.24, 2.45) is 0 Å². The summed E-state index contributed by atoms with van der Waals surface area (Å²) >= 11 is 0. The number of rotatable bonds is 8. The molecule has 0 aliphatic carbocycles. The average Bonchev–Trinajstić information content (AvgIpc) is 2.77. The van der Waals surface area contributed by atoms with Crippen LogP contribution in [0.1, 0.15) is 20.7 Å². The molecule has 0 amide bonds. The number of hydrogen-bond donors (Lipinski definition) is 0. The van der Waals surface area contributed by atoms with Crippen molar-refractivity contribution in [3.05, 3.63) is 35.4 Å². The van der Waals surface area contributed by atoms with Gasteiger partial charge in [-0.2, -0.15) is 0 Å². The first-order chi connectivity index (χ1) is 18.5. The van der Waals surface area contributed by atoms with Gasteiger partial charge in [0.1, 0.15) is 0 Å². The Labute approximate surface area is 272 Å². The molecule has 0 bridgehead atoms. The van der Waals surface area contributed by atoms with Gasteiger partial charge < -0.3 is 0 Å². The van der Waals surface area contributed by atoms with Crippen LogP contribution in [0, 0.1) is 0 Å². The Kier molecular flexibility index (Phi) is 11.4. The summed E-state index contributed by atoms with van der Waals surface area (Å²) in [6, 6.07) is 0.771. The summed E-state index contributed by atoms with van der Waals surface area (Å²) in [7, 11) is 0.101. The third-order valence-electron chi connectivity index (χ3n) is 4.29. The van der Waals surface area contributed by atoms with E-state index in [-0.39, 0.29) is 45.9 Å². The van der Waals surface area contributed by atoms with Crippen LogP contribution in [0.15, 0.2) is 53.6 Å². The molecule has 0 heterocycles. The highest BCUT2D eigenvalue weighted by molar-refractivity contribution is 8.87. The first kappa shape index (κ1) is 38.1. The topological polar surface area (TPSA) is 239 Å². The van der Waals surface area contributed by atoms with Crippen LogP contribution in [-0.2, 0) is 54.3 Å². The molecule has 0 radical (unpaired) electrons. The van der Waals surface area contributed by atoms with Crippen LogP contribution in [0.2, 0.25) is 0 Å². The van der Waals surface area contributed by atoms with E-state index >= 15 is 0 Å². The lowest BCUT2D eigenvalue weighted by Gasteiger charge is -2.13. The van der Waals surface area contributed by atoms with Crippen molar-refractivity contribution in [1.29, 1.82) is 0 Å². The van der Waals surface area contributed by atoms with Gasteiger partial charge >= 0.3 is 0 Å². The summed E-state index contributed by atoms with van der Waals surface area (Å²) in [5.41, 5.74) is -2.79. The molecule has 2 rings (SSSR count). The lowest BCUT2D eigenvalue weighted by molar-refractivity contribution is 0.107. The van der Waals surface area contributed by atoms with E-state index < -0.39 is 105 Å². The molecule has 0 fully saturated rings. The van der Waals surface area contributed by atoms with Crippen molar-refractivity contribution < 1.29 is 60.1 Å². The molecule has 2 aromatic rings. The van der Waals surface area contributed by atoms with Gasteiger partial charge in [-0.3, -0.25) is 9.59 Å². The Morgan fingerprint density at radius 1 is 0.405 bits per heavy atom. The Morgan fingerprint density at radius 3 is 0.738 bits per heavy atom. The molecule has 14 nitrogen and oxygen atoms in total. The second-order valence-electron chi connectivity index (χ2n) is 6.96. The maximum absolute atomic E-state index is 13.0.